The summed E-state index contributed by atoms with van der Waals surface area (Å²) in [6.07, 6.45) is -3.15. The van der Waals surface area contributed by atoms with Gasteiger partial charge >= 0.3 is 5.97 Å². The first kappa shape index (κ1) is 62.1. The van der Waals surface area contributed by atoms with Crippen LogP contribution in [0.4, 0.5) is 4.39 Å². The van der Waals surface area contributed by atoms with Gasteiger partial charge in [0.05, 0.1) is 59.4 Å². The Balaban J connectivity index is 1.45. The van der Waals surface area contributed by atoms with E-state index in [0.29, 0.717) is 30.7 Å². The Bertz CT molecular complexity index is 2130. The van der Waals surface area contributed by atoms with Gasteiger partial charge in [-0.05, 0) is 89.6 Å². The van der Waals surface area contributed by atoms with E-state index in [9.17, 15) is 34.4 Å². The van der Waals surface area contributed by atoms with E-state index in [1.165, 1.54) is 21.1 Å². The molecule has 1 amide bonds. The highest BCUT2D eigenvalue weighted by molar-refractivity contribution is 5.89. The number of aliphatic hydroxyl groups excluding tert-OH is 3. The second-order valence-corrected chi connectivity index (χ2v) is 22.2. The number of ether oxygens (including phenoxy) is 7. The molecule has 4 heterocycles. The summed E-state index contributed by atoms with van der Waals surface area (Å²) in [5.41, 5.74) is -1.51. The molecular weight excluding hydrogens is 972 g/mol. The third kappa shape index (κ3) is 14.9. The molecule has 3 fully saturated rings. The van der Waals surface area contributed by atoms with E-state index in [2.05, 4.69) is 20.4 Å². The quantitative estimate of drug-likeness (QED) is 0.0487. The van der Waals surface area contributed by atoms with Crippen molar-refractivity contribution in [1.29, 1.82) is 0 Å². The summed E-state index contributed by atoms with van der Waals surface area (Å²) in [5, 5.41) is 53.9. The van der Waals surface area contributed by atoms with Crippen LogP contribution in [-0.2, 0) is 47.6 Å². The van der Waals surface area contributed by atoms with Gasteiger partial charge in [-0.2, -0.15) is 0 Å². The van der Waals surface area contributed by atoms with E-state index < -0.39 is 120 Å². The van der Waals surface area contributed by atoms with Crippen molar-refractivity contribution in [3.63, 3.8) is 0 Å². The lowest BCUT2D eigenvalue weighted by atomic mass is 9.67. The minimum absolute atomic E-state index is 0.0280. The maximum atomic E-state index is 14.8. The molecule has 424 valence electrons. The van der Waals surface area contributed by atoms with Gasteiger partial charge in [0.15, 0.2) is 6.29 Å². The molecule has 2 aromatic rings. The Morgan fingerprint density at radius 3 is 2.23 bits per heavy atom. The number of benzene rings is 1. The minimum Gasteiger partial charge on any atom is -0.459 e. The molecule has 3 saturated heterocycles. The second-order valence-electron chi connectivity index (χ2n) is 22.2. The van der Waals surface area contributed by atoms with E-state index in [1.807, 2.05) is 65.9 Å². The molecular formula is C56H89FN4O14. The molecule has 5 rings (SSSR count). The van der Waals surface area contributed by atoms with Gasteiger partial charge in [0.1, 0.15) is 30.6 Å². The predicted octanol–water partition coefficient (Wildman–Crippen LogP) is 6.16. The number of oxime groups is 1. The first-order chi connectivity index (χ1) is 35.4. The minimum atomic E-state index is -1.93. The van der Waals surface area contributed by atoms with Crippen molar-refractivity contribution >= 4 is 17.6 Å². The van der Waals surface area contributed by atoms with Gasteiger partial charge in [-0.15, -0.1) is 0 Å². The predicted molar refractivity (Wildman–Crippen MR) is 280 cm³/mol. The highest BCUT2D eigenvalue weighted by atomic mass is 19.1. The molecule has 3 aliphatic rings. The molecule has 0 radical (unpaired) electrons. The van der Waals surface area contributed by atoms with Gasteiger partial charge in [0, 0.05) is 83.3 Å². The summed E-state index contributed by atoms with van der Waals surface area (Å²) in [4.78, 5) is 40.0. The molecule has 0 saturated carbocycles. The lowest BCUT2D eigenvalue weighted by molar-refractivity contribution is -0.278. The molecule has 1 aromatic carbocycles. The lowest BCUT2D eigenvalue weighted by Gasteiger charge is -2.52. The Morgan fingerprint density at radius 2 is 1.63 bits per heavy atom. The van der Waals surface area contributed by atoms with Crippen molar-refractivity contribution in [2.45, 2.75) is 192 Å². The number of hydrogen-bond donors (Lipinski definition) is 5. The lowest BCUT2D eigenvalue weighted by Crippen LogP contribution is -2.61. The Kier molecular flexibility index (Phi) is 22.6. The van der Waals surface area contributed by atoms with Crippen molar-refractivity contribution in [3.8, 4) is 11.1 Å². The number of carbonyl (C=O) groups excluding carboxylic acids is 2. The summed E-state index contributed by atoms with van der Waals surface area (Å²) in [6.45, 7) is 17.3. The standard InChI is InChI=1S/C56H89FN4O14/c1-15-44-56(10,67)50(64)36(6)48(60-71-31-68-12)32(2)27-55(9,70-14)52(34(4)47(35(5)53(66)74-44)43-28-54(8,69-13)51(65)37(7)73-43)75-46-26-41(25-33(3)72-46)61(11)24-22-45(62)59-42(29-57)49(63)39-20-18-38(19-21-39)40-17-16-23-58-30-40/h16-21,23,30,32-37,41-44,46-47,49-52,63-65,67H,15,22,24-29,31H2,1-14H3,(H,59,62)/b60-48+/t32-,33-,34+,35-,36+,37+,41+,42-,43-,44-,46+,47?,49-,50-,51+,52-,54-,55-,56-/m1/s1. The van der Waals surface area contributed by atoms with Crippen LogP contribution in [-0.4, -0.2) is 174 Å². The topological polar surface area (TPSA) is 229 Å². The Morgan fingerprint density at radius 1 is 0.947 bits per heavy atom. The number of aliphatic hydroxyl groups is 4. The largest absolute Gasteiger partial charge is 0.459 e. The maximum Gasteiger partial charge on any atom is 0.309 e. The molecule has 0 spiro atoms. The third-order valence-corrected chi connectivity index (χ3v) is 16.6. The van der Waals surface area contributed by atoms with E-state index in [0.717, 1.165) is 11.1 Å². The number of carbonyl (C=O) groups is 2. The average molecular weight is 1060 g/mol. The van der Waals surface area contributed by atoms with E-state index in [-0.39, 0.29) is 44.6 Å². The SMILES string of the molecule is CC[C@H]1OC(=O)[C@H](C)C([C@H]2C[C@@](C)(OC)[C@@H](O)[C@H](C)O2)[C@H](C)[C@@H](O[C@H]2C[C@@H](N(C)CCC(=O)N[C@H](CF)[C@H](O)c3ccc(-c4cccnc4)cc3)C[C@@H](C)O2)[C@](C)(OC)C[C@@H](C)/C(=N\OCOC)[C@H](C)[C@@H](O)[C@]1(C)O. The van der Waals surface area contributed by atoms with Crippen LogP contribution in [0.25, 0.3) is 11.1 Å². The van der Waals surface area contributed by atoms with Crippen LogP contribution in [0.15, 0.2) is 53.9 Å². The van der Waals surface area contributed by atoms with E-state index in [4.69, 9.17) is 38.0 Å². The number of cyclic esters (lactones) is 1. The number of hydrogen-bond acceptors (Lipinski definition) is 17. The number of esters is 1. The number of nitrogens with zero attached hydrogens (tertiary/aromatic N) is 3. The number of amides is 1. The van der Waals surface area contributed by atoms with Crippen LogP contribution in [0.2, 0.25) is 0 Å². The second kappa shape index (κ2) is 27.2. The number of rotatable bonds is 18. The fourth-order valence-corrected chi connectivity index (χ4v) is 11.9. The van der Waals surface area contributed by atoms with Gasteiger partial charge < -0.3 is 68.6 Å². The highest BCUT2D eigenvalue weighted by Crippen LogP contribution is 2.46. The number of pyridine rings is 1. The highest BCUT2D eigenvalue weighted by Gasteiger charge is 2.55. The molecule has 1 unspecified atom stereocenters. The van der Waals surface area contributed by atoms with Crippen molar-refractivity contribution in [2.24, 2.45) is 34.7 Å². The zero-order chi connectivity index (χ0) is 55.6. The van der Waals surface area contributed by atoms with Crippen LogP contribution < -0.4 is 5.32 Å². The smallest absolute Gasteiger partial charge is 0.309 e. The van der Waals surface area contributed by atoms with E-state index in [1.54, 1.807) is 59.3 Å². The summed E-state index contributed by atoms with van der Waals surface area (Å²) in [5.74, 6) is -4.48. The molecule has 19 heteroatoms. The third-order valence-electron chi connectivity index (χ3n) is 16.6. The molecule has 5 N–H and O–H groups in total. The number of halogens is 1. The summed E-state index contributed by atoms with van der Waals surface area (Å²) in [7, 11) is 6.51. The number of nitrogens with one attached hydrogen (secondary N) is 1. The Hall–Kier alpha value is -3.73. The van der Waals surface area contributed by atoms with Crippen LogP contribution in [0.1, 0.15) is 119 Å². The van der Waals surface area contributed by atoms with Crippen LogP contribution in [0.5, 0.6) is 0 Å². The van der Waals surface area contributed by atoms with Crippen molar-refractivity contribution < 1.29 is 72.4 Å². The molecule has 75 heavy (non-hydrogen) atoms. The summed E-state index contributed by atoms with van der Waals surface area (Å²) < 4.78 is 59.0. The van der Waals surface area contributed by atoms with Gasteiger partial charge in [0.2, 0.25) is 12.7 Å². The molecule has 1 aromatic heterocycles. The number of alkyl halides is 1. The first-order valence-electron chi connectivity index (χ1n) is 26.7. The normalized spacial score (nSPS) is 37.8. The monoisotopic (exact) mass is 1060 g/mol. The van der Waals surface area contributed by atoms with Crippen molar-refractivity contribution in [1.82, 2.24) is 15.2 Å². The first-order valence-corrected chi connectivity index (χ1v) is 26.7. The van der Waals surface area contributed by atoms with Gasteiger partial charge in [-0.1, -0.05) is 70.1 Å². The van der Waals surface area contributed by atoms with Crippen LogP contribution in [0.3, 0.4) is 0 Å². The van der Waals surface area contributed by atoms with Gasteiger partial charge in [-0.25, -0.2) is 4.39 Å². The summed E-state index contributed by atoms with van der Waals surface area (Å²) >= 11 is 0. The molecule has 3 aliphatic heterocycles. The molecule has 0 bridgehead atoms. The zero-order valence-electron chi connectivity index (χ0n) is 46.8. The molecule has 0 aliphatic carbocycles. The van der Waals surface area contributed by atoms with Crippen LogP contribution >= 0.6 is 0 Å². The number of aromatic nitrogens is 1. The average Bonchev–Trinajstić information content (AvgIpc) is 3.39. The number of methoxy groups -OCH3 is 3. The molecule has 19 atom stereocenters. The van der Waals surface area contributed by atoms with Gasteiger partial charge in [0.25, 0.3) is 0 Å². The molecule has 18 nitrogen and oxygen atoms in total. The van der Waals surface area contributed by atoms with Crippen LogP contribution in [0, 0.1) is 29.6 Å². The van der Waals surface area contributed by atoms with Crippen molar-refractivity contribution in [2.75, 3.05) is 48.4 Å². The maximum absolute atomic E-state index is 14.8. The fraction of sp³-hybridized carbons (Fsp3) is 0.750. The fourth-order valence-electron chi connectivity index (χ4n) is 11.9. The van der Waals surface area contributed by atoms with E-state index >= 15 is 0 Å². The zero-order valence-corrected chi connectivity index (χ0v) is 46.8. The van der Waals surface area contributed by atoms with Crippen molar-refractivity contribution in [3.05, 3.63) is 54.4 Å². The Labute approximate surface area is 444 Å². The summed E-state index contributed by atoms with van der Waals surface area (Å²) in [6, 6.07) is 9.53. The van der Waals surface area contributed by atoms with Gasteiger partial charge in [-0.3, -0.25) is 14.6 Å².